The zero-order chi connectivity index (χ0) is 28.2. The van der Waals surface area contributed by atoms with Crippen molar-refractivity contribution in [1.82, 2.24) is 24.4 Å². The first-order chi connectivity index (χ1) is 19.3. The smallest absolute Gasteiger partial charge is 0.343 e. The molecule has 13 nitrogen and oxygen atoms in total. The summed E-state index contributed by atoms with van der Waals surface area (Å²) < 4.78 is 26.7. The second-order valence-corrected chi connectivity index (χ2v) is 8.26. The zero-order valence-corrected chi connectivity index (χ0v) is 20.9. The van der Waals surface area contributed by atoms with Crippen molar-refractivity contribution in [1.29, 1.82) is 0 Å². The molecule has 3 heterocycles. The van der Waals surface area contributed by atoms with Gasteiger partial charge in [-0.3, -0.25) is 14.9 Å². The lowest BCUT2D eigenvalue weighted by molar-refractivity contribution is -0.386. The van der Waals surface area contributed by atoms with Gasteiger partial charge in [0, 0.05) is 35.8 Å². The number of esters is 1. The molecule has 0 spiro atoms. The van der Waals surface area contributed by atoms with E-state index in [1.807, 2.05) is 6.07 Å². The summed E-state index contributed by atoms with van der Waals surface area (Å²) in [5.74, 6) is -2.00. The number of rotatable bonds is 9. The highest BCUT2D eigenvalue weighted by Gasteiger charge is 2.19. The summed E-state index contributed by atoms with van der Waals surface area (Å²) in [6, 6.07) is 13.0. The van der Waals surface area contributed by atoms with Gasteiger partial charge in [-0.25, -0.2) is 23.4 Å². The summed E-state index contributed by atoms with van der Waals surface area (Å²) in [4.78, 5) is 39.8. The van der Waals surface area contributed by atoms with E-state index in [1.165, 1.54) is 27.7 Å². The largest absolute Gasteiger partial charge is 0.464 e. The van der Waals surface area contributed by atoms with Crippen LogP contribution >= 0.6 is 0 Å². The van der Waals surface area contributed by atoms with E-state index in [9.17, 15) is 24.1 Å². The van der Waals surface area contributed by atoms with Crippen molar-refractivity contribution in [3.63, 3.8) is 0 Å². The number of nitrogens with one attached hydrogen (secondary N) is 1. The maximum Gasteiger partial charge on any atom is 0.343 e. The fourth-order valence-corrected chi connectivity index (χ4v) is 3.86. The minimum absolute atomic E-state index is 0.0557. The highest BCUT2D eigenvalue weighted by Crippen LogP contribution is 2.28. The average Bonchev–Trinajstić information content (AvgIpc) is 3.60. The molecule has 1 amide bonds. The van der Waals surface area contributed by atoms with Gasteiger partial charge >= 0.3 is 11.7 Å². The Morgan fingerprint density at radius 2 is 2.00 bits per heavy atom. The Hall–Kier alpha value is -5.66. The van der Waals surface area contributed by atoms with Gasteiger partial charge in [0.2, 0.25) is 5.75 Å². The number of hydrogen-bond donors (Lipinski definition) is 1. The number of ether oxygens (including phenoxy) is 2. The van der Waals surface area contributed by atoms with Crippen LogP contribution in [0.5, 0.6) is 5.75 Å². The SMILES string of the molecule is CCOC(=O)c1cnn2c(-c3cccc(NC(=O)c4ccn(COc5cc(F)ccc5[N+](=O)[O-])n4)c3)ccnc12. The molecule has 0 unspecified atom stereocenters. The van der Waals surface area contributed by atoms with Gasteiger partial charge in [0.15, 0.2) is 18.1 Å². The normalized spacial score (nSPS) is 10.8. The van der Waals surface area contributed by atoms with Gasteiger partial charge < -0.3 is 14.8 Å². The van der Waals surface area contributed by atoms with Crippen LogP contribution in [0.15, 0.2) is 73.2 Å². The molecule has 0 fully saturated rings. The second kappa shape index (κ2) is 11.0. The number of benzene rings is 2. The van der Waals surface area contributed by atoms with Crippen molar-refractivity contribution in [2.45, 2.75) is 13.7 Å². The predicted molar refractivity (Wildman–Crippen MR) is 138 cm³/mol. The van der Waals surface area contributed by atoms with Crippen molar-refractivity contribution in [2.24, 2.45) is 0 Å². The molecule has 0 bridgehead atoms. The Morgan fingerprint density at radius 1 is 1.15 bits per heavy atom. The van der Waals surface area contributed by atoms with Crippen LogP contribution in [0.1, 0.15) is 27.8 Å². The maximum atomic E-state index is 13.5. The van der Waals surface area contributed by atoms with Crippen LogP contribution in [0, 0.1) is 15.9 Å². The summed E-state index contributed by atoms with van der Waals surface area (Å²) in [6.45, 7) is 1.64. The number of nitro groups is 1. The third-order valence-electron chi connectivity index (χ3n) is 5.66. The van der Waals surface area contributed by atoms with Crippen molar-refractivity contribution in [3.05, 3.63) is 100 Å². The number of aromatic nitrogens is 5. The van der Waals surface area contributed by atoms with Gasteiger partial charge in [0.05, 0.1) is 23.4 Å². The van der Waals surface area contributed by atoms with Crippen LogP contribution in [0.4, 0.5) is 15.8 Å². The molecule has 5 rings (SSSR count). The van der Waals surface area contributed by atoms with Crippen LogP contribution in [-0.4, -0.2) is 47.8 Å². The van der Waals surface area contributed by atoms with Crippen LogP contribution in [0.25, 0.3) is 16.9 Å². The number of amides is 1. The monoisotopic (exact) mass is 545 g/mol. The third-order valence-corrected chi connectivity index (χ3v) is 5.66. The molecule has 14 heteroatoms. The first-order valence-electron chi connectivity index (χ1n) is 11.9. The fraction of sp³-hybridized carbons (Fsp3) is 0.115. The molecule has 2 aromatic carbocycles. The van der Waals surface area contributed by atoms with E-state index in [-0.39, 0.29) is 30.3 Å². The van der Waals surface area contributed by atoms with Gasteiger partial charge in [-0.05, 0) is 37.3 Å². The molecule has 0 radical (unpaired) electrons. The lowest BCUT2D eigenvalue weighted by atomic mass is 10.1. The minimum atomic E-state index is -0.692. The molecule has 0 aliphatic heterocycles. The molecule has 202 valence electrons. The lowest BCUT2D eigenvalue weighted by Crippen LogP contribution is -2.14. The Labute approximate surface area is 224 Å². The topological polar surface area (TPSA) is 156 Å². The molecule has 5 aromatic rings. The molecule has 0 atom stereocenters. The van der Waals surface area contributed by atoms with E-state index >= 15 is 0 Å². The molecule has 0 aliphatic rings. The standard InChI is InChI=1S/C26H20FN7O6/c1-2-39-26(36)19-14-29-33-21(8-10-28-24(19)33)16-4-3-5-18(12-16)30-25(35)20-9-11-32(31-20)15-40-23-13-17(27)6-7-22(23)34(37)38/h3-14H,2,15H2,1H3,(H,30,35). The van der Waals surface area contributed by atoms with E-state index in [4.69, 9.17) is 9.47 Å². The quantitative estimate of drug-likeness (QED) is 0.164. The molecule has 0 aliphatic carbocycles. The van der Waals surface area contributed by atoms with E-state index in [1.54, 1.807) is 37.4 Å². The van der Waals surface area contributed by atoms with E-state index in [0.29, 0.717) is 22.6 Å². The first kappa shape index (κ1) is 26.0. The van der Waals surface area contributed by atoms with Gasteiger partial charge in [-0.2, -0.15) is 10.2 Å². The number of halogens is 1. The van der Waals surface area contributed by atoms with E-state index in [2.05, 4.69) is 20.5 Å². The number of fused-ring (bicyclic) bond motifs is 1. The molecule has 1 N–H and O–H groups in total. The molecular formula is C26H20FN7O6. The summed E-state index contributed by atoms with van der Waals surface area (Å²) in [7, 11) is 0. The number of carbonyl (C=O) groups excluding carboxylic acids is 2. The fourth-order valence-electron chi connectivity index (χ4n) is 3.86. The Balaban J connectivity index is 1.30. The number of anilines is 1. The Morgan fingerprint density at radius 3 is 2.80 bits per heavy atom. The second-order valence-electron chi connectivity index (χ2n) is 8.26. The minimum Gasteiger partial charge on any atom is -0.464 e. The van der Waals surface area contributed by atoms with Crippen molar-refractivity contribution in [3.8, 4) is 17.0 Å². The van der Waals surface area contributed by atoms with E-state index < -0.39 is 28.3 Å². The van der Waals surface area contributed by atoms with Crippen LogP contribution in [0.3, 0.4) is 0 Å². The van der Waals surface area contributed by atoms with Crippen molar-refractivity contribution >= 4 is 28.9 Å². The number of nitrogens with zero attached hydrogens (tertiary/aromatic N) is 6. The van der Waals surface area contributed by atoms with Gasteiger partial charge in [0.1, 0.15) is 11.4 Å². The lowest BCUT2D eigenvalue weighted by Gasteiger charge is -2.09. The van der Waals surface area contributed by atoms with Crippen molar-refractivity contribution < 1.29 is 28.4 Å². The number of carbonyl (C=O) groups is 2. The van der Waals surface area contributed by atoms with Crippen molar-refractivity contribution in [2.75, 3.05) is 11.9 Å². The molecule has 0 saturated heterocycles. The molecular weight excluding hydrogens is 525 g/mol. The maximum absolute atomic E-state index is 13.5. The average molecular weight is 545 g/mol. The van der Waals surface area contributed by atoms with Crippen LogP contribution in [0.2, 0.25) is 0 Å². The van der Waals surface area contributed by atoms with Gasteiger partial charge in [0.25, 0.3) is 5.91 Å². The highest BCUT2D eigenvalue weighted by atomic mass is 19.1. The number of hydrogen-bond acceptors (Lipinski definition) is 9. The zero-order valence-electron chi connectivity index (χ0n) is 20.9. The highest BCUT2D eigenvalue weighted by molar-refractivity contribution is 6.03. The number of nitro benzene ring substituents is 1. The Bertz CT molecular complexity index is 1750. The summed E-state index contributed by atoms with van der Waals surface area (Å²) in [5.41, 5.74) is 2.02. The summed E-state index contributed by atoms with van der Waals surface area (Å²) >= 11 is 0. The van der Waals surface area contributed by atoms with Gasteiger partial charge in [-0.15, -0.1) is 0 Å². The van der Waals surface area contributed by atoms with Crippen LogP contribution in [-0.2, 0) is 11.5 Å². The first-order valence-corrected chi connectivity index (χ1v) is 11.9. The third kappa shape index (κ3) is 5.31. The summed E-state index contributed by atoms with van der Waals surface area (Å²) in [6.07, 6.45) is 4.39. The predicted octanol–water partition coefficient (Wildman–Crippen LogP) is 4.11. The molecule has 0 saturated carbocycles. The van der Waals surface area contributed by atoms with Crippen LogP contribution < -0.4 is 10.1 Å². The Kier molecular flexibility index (Phi) is 7.13. The van der Waals surface area contributed by atoms with E-state index in [0.717, 1.165) is 18.2 Å². The summed E-state index contributed by atoms with van der Waals surface area (Å²) in [5, 5.41) is 22.3. The van der Waals surface area contributed by atoms with Gasteiger partial charge in [-0.1, -0.05) is 12.1 Å². The molecule has 3 aromatic heterocycles. The molecule has 40 heavy (non-hydrogen) atoms.